The van der Waals surface area contributed by atoms with E-state index >= 15 is 28.8 Å². The summed E-state index contributed by atoms with van der Waals surface area (Å²) < 4.78 is 29.2. The highest BCUT2D eigenvalue weighted by Gasteiger charge is 2.48. The molecule has 96 heavy (non-hydrogen) atoms. The third kappa shape index (κ3) is 11.5. The van der Waals surface area contributed by atoms with Crippen LogP contribution in [-0.2, 0) is 9.59 Å². The maximum absolute atomic E-state index is 16.2. The van der Waals surface area contributed by atoms with Crippen molar-refractivity contribution in [2.24, 2.45) is 0 Å². The van der Waals surface area contributed by atoms with E-state index in [0.29, 0.717) is 44.5 Å². The molecule has 6 amide bonds. The number of carbonyl (C=O) groups excluding carboxylic acids is 6. The summed E-state index contributed by atoms with van der Waals surface area (Å²) in [7, 11) is 3.33. The highest BCUT2D eigenvalue weighted by Crippen LogP contribution is 2.58. The second kappa shape index (κ2) is 26.3. The predicted octanol–water partition coefficient (Wildman–Crippen LogP) is 16.9. The molecule has 2 fully saturated rings. The summed E-state index contributed by atoms with van der Waals surface area (Å²) in [6.45, 7) is 14.8. The van der Waals surface area contributed by atoms with Crippen LogP contribution in [0.1, 0.15) is 207 Å². The van der Waals surface area contributed by atoms with E-state index in [-0.39, 0.29) is 103 Å². The van der Waals surface area contributed by atoms with Crippen molar-refractivity contribution in [2.75, 3.05) is 27.3 Å². The fourth-order valence-corrected chi connectivity index (χ4v) is 15.0. The van der Waals surface area contributed by atoms with E-state index in [4.69, 9.17) is 18.9 Å². The quantitative estimate of drug-likeness (QED) is 0.0417. The molecule has 2 atom stereocenters. The van der Waals surface area contributed by atoms with Gasteiger partial charge in [0.25, 0.3) is 23.6 Å². The molecule has 9 aromatic carbocycles. The molecular formula is C80H84N4O12. The Hall–Kier alpha value is -9.38. The van der Waals surface area contributed by atoms with Crippen LogP contribution in [0.15, 0.2) is 121 Å². The Labute approximate surface area is 560 Å². The van der Waals surface area contributed by atoms with Crippen LogP contribution in [0.4, 0.5) is 0 Å². The Bertz CT molecular complexity index is 4070. The summed E-state index contributed by atoms with van der Waals surface area (Å²) in [6, 6.07) is 33.0. The maximum Gasteiger partial charge on any atom is 0.262 e. The molecule has 4 aliphatic rings. The molecule has 9 aromatic rings. The molecule has 2 saturated carbocycles. The Morgan fingerprint density at radius 3 is 0.865 bits per heavy atom. The smallest absolute Gasteiger partial charge is 0.262 e. The number of hydrogen-bond donors (Lipinski definition) is 2. The van der Waals surface area contributed by atoms with Crippen molar-refractivity contribution >= 4 is 78.5 Å². The van der Waals surface area contributed by atoms with Gasteiger partial charge >= 0.3 is 0 Å². The van der Waals surface area contributed by atoms with E-state index in [0.717, 1.165) is 96.3 Å². The minimum Gasteiger partial charge on any atom is -0.457 e. The number of hydrogen-bond acceptors (Lipinski definition) is 12. The highest BCUT2D eigenvalue weighted by atomic mass is 16.5. The fraction of sp³-hybridized carbons (Fsp3) is 0.375. The first kappa shape index (κ1) is 65.3. The van der Waals surface area contributed by atoms with Crippen LogP contribution in [0.3, 0.4) is 0 Å². The van der Waals surface area contributed by atoms with Crippen molar-refractivity contribution in [2.45, 2.75) is 167 Å². The maximum atomic E-state index is 16.2. The Morgan fingerprint density at radius 1 is 0.385 bits per heavy atom. The molecule has 2 unspecified atom stereocenters. The lowest BCUT2D eigenvalue weighted by Crippen LogP contribution is -2.57. The zero-order valence-corrected chi connectivity index (χ0v) is 56.4. The van der Waals surface area contributed by atoms with Gasteiger partial charge in [-0.05, 0) is 144 Å². The topological polar surface area (TPSA) is 193 Å². The first-order valence-corrected chi connectivity index (χ1v) is 34.2. The van der Waals surface area contributed by atoms with Crippen LogP contribution >= 0.6 is 0 Å². The van der Waals surface area contributed by atoms with Crippen LogP contribution in [0.2, 0.25) is 0 Å². The summed E-state index contributed by atoms with van der Waals surface area (Å²) in [6.07, 6.45) is 8.59. The molecular weight excluding hydrogens is 1210 g/mol. The highest BCUT2D eigenvalue weighted by molar-refractivity contribution is 6.45. The summed E-state index contributed by atoms with van der Waals surface area (Å²) in [5.41, 5.74) is 3.68. The van der Waals surface area contributed by atoms with E-state index in [1.165, 1.54) is 0 Å². The Balaban J connectivity index is 1.20. The van der Waals surface area contributed by atoms with Crippen molar-refractivity contribution in [3.8, 4) is 46.0 Å². The normalized spacial score (nSPS) is 16.1. The Morgan fingerprint density at radius 2 is 0.635 bits per heavy atom. The van der Waals surface area contributed by atoms with Crippen LogP contribution in [0.5, 0.6) is 46.0 Å². The molecule has 16 nitrogen and oxygen atoms in total. The van der Waals surface area contributed by atoms with Gasteiger partial charge in [0, 0.05) is 69.3 Å². The summed E-state index contributed by atoms with van der Waals surface area (Å²) in [4.78, 5) is 99.5. The zero-order valence-electron chi connectivity index (χ0n) is 56.4. The van der Waals surface area contributed by atoms with Gasteiger partial charge in [0.2, 0.25) is 11.8 Å². The molecule has 16 heteroatoms. The van der Waals surface area contributed by atoms with Crippen molar-refractivity contribution in [1.82, 2.24) is 19.6 Å². The van der Waals surface area contributed by atoms with E-state index in [2.05, 4.69) is 55.4 Å². The van der Waals surface area contributed by atoms with Gasteiger partial charge in [0.15, 0.2) is 0 Å². The number of fused-ring (bicyclic) bond motifs is 2. The first-order chi connectivity index (χ1) is 46.2. The number of ether oxygens (including phenoxy) is 4. The SMILES string of the molecule is CC(C)c1cccc(Oc2cc3c4c(cc(Oc5cccc(C(C)C)c5)c5c6c(Oc7cccc(C(C)C)c7)cc7c8c(cc(Oc9cccc(C(C)C)c9)c(c2c45)c86)C(=O)N(C(CO)C(=O)N(C)C2CCCCC2)C7=O)C(=O)N(C(CO)C(=O)N(C)C2CCCCC2)C3=O)c1. The van der Waals surface area contributed by atoms with Crippen LogP contribution in [0, 0.1) is 0 Å². The molecule has 0 radical (unpaired) electrons. The van der Waals surface area contributed by atoms with Crippen molar-refractivity contribution < 1.29 is 57.9 Å². The summed E-state index contributed by atoms with van der Waals surface area (Å²) >= 11 is 0. The van der Waals surface area contributed by atoms with E-state index in [9.17, 15) is 10.2 Å². The van der Waals surface area contributed by atoms with Crippen LogP contribution in [-0.4, -0.2) is 117 Å². The van der Waals surface area contributed by atoms with Crippen LogP contribution in [0.25, 0.3) is 43.1 Å². The lowest BCUT2D eigenvalue weighted by molar-refractivity contribution is -0.138. The predicted molar refractivity (Wildman–Crippen MR) is 372 cm³/mol. The zero-order chi connectivity index (χ0) is 67.7. The van der Waals surface area contributed by atoms with E-state index < -0.39 is 60.7 Å². The molecule has 2 heterocycles. The summed E-state index contributed by atoms with van der Waals surface area (Å²) in [5.74, 6) is -2.49. The number of carbonyl (C=O) groups is 6. The number of imide groups is 2. The second-order valence-electron chi connectivity index (χ2n) is 27.8. The third-order valence-corrected chi connectivity index (χ3v) is 20.5. The molecule has 2 N–H and O–H groups in total. The largest absolute Gasteiger partial charge is 0.457 e. The molecule has 0 spiro atoms. The van der Waals surface area contributed by atoms with Gasteiger partial charge in [-0.15, -0.1) is 0 Å². The van der Waals surface area contributed by atoms with Gasteiger partial charge in [-0.1, -0.05) is 142 Å². The lowest BCUT2D eigenvalue weighted by Gasteiger charge is -2.38. The van der Waals surface area contributed by atoms with Gasteiger partial charge in [-0.25, -0.2) is 0 Å². The number of nitrogens with zero attached hydrogens (tertiary/aromatic N) is 4. The fourth-order valence-electron chi connectivity index (χ4n) is 15.0. The summed E-state index contributed by atoms with van der Waals surface area (Å²) in [5, 5.41) is 25.0. The third-order valence-electron chi connectivity index (χ3n) is 20.5. The average Bonchev–Trinajstić information content (AvgIpc) is 0.671. The minimum atomic E-state index is -1.63. The van der Waals surface area contributed by atoms with E-state index in [1.807, 2.05) is 72.8 Å². The van der Waals surface area contributed by atoms with Gasteiger partial charge in [-0.3, -0.25) is 38.6 Å². The van der Waals surface area contributed by atoms with Gasteiger partial charge in [0.05, 0.1) is 35.5 Å². The Kier molecular flexibility index (Phi) is 17.9. The van der Waals surface area contributed by atoms with Crippen molar-refractivity contribution in [1.29, 1.82) is 0 Å². The second-order valence-corrected chi connectivity index (χ2v) is 27.8. The van der Waals surface area contributed by atoms with E-state index in [1.54, 1.807) is 72.4 Å². The molecule has 13 rings (SSSR count). The molecule has 0 saturated heterocycles. The lowest BCUT2D eigenvalue weighted by atomic mass is 9.80. The number of aliphatic hydroxyl groups is 2. The van der Waals surface area contributed by atoms with Crippen molar-refractivity contribution in [3.05, 3.63) is 166 Å². The molecule has 0 aromatic heterocycles. The number of aliphatic hydroxyl groups excluding tert-OH is 2. The van der Waals surface area contributed by atoms with Gasteiger partial charge in [0.1, 0.15) is 58.1 Å². The number of benzene rings is 9. The number of amides is 6. The average molecular weight is 1290 g/mol. The monoisotopic (exact) mass is 1290 g/mol. The molecule has 2 aliphatic carbocycles. The first-order valence-electron chi connectivity index (χ1n) is 34.2. The van der Waals surface area contributed by atoms with Gasteiger partial charge < -0.3 is 39.0 Å². The molecule has 0 bridgehead atoms. The van der Waals surface area contributed by atoms with Gasteiger partial charge in [-0.2, -0.15) is 0 Å². The standard InChI is InChI=1S/C80H84N4O12/c1-43(2)47-21-17-29-53(33-47)93-63-37-57-67-58(76(88)83(75(57)87)61(41-85)79(91)81(9)51-25-13-11-14-26-51)39-65(95-55-31-19-23-49(35-55)45(5)6)71-72-66(96-56-32-20-24-50(36-56)46(7)8)40-60-68-59(77(89)84(78(60)90)62(42-86)80(92)82(10)52-27-15-12-16-28-52)38-64(70(74(68)72)69(63)73(67)71)94-54-30-18-22-48(34-54)44(3)4/h17-24,29-40,43-46,51-52,61-62,85-86H,11-16,25-28,41-42H2,1-10H3. The van der Waals surface area contributed by atoms with Crippen molar-refractivity contribution in [3.63, 3.8) is 0 Å². The molecule has 496 valence electrons. The minimum absolute atomic E-state index is 0.0216. The number of rotatable bonds is 20. The molecule has 2 aliphatic heterocycles. The number of likely N-dealkylation sites (N-methyl/N-ethyl adjacent to an activating group) is 2. The van der Waals surface area contributed by atoms with Crippen LogP contribution < -0.4 is 18.9 Å².